The normalized spacial score (nSPS) is 19.8. The predicted octanol–water partition coefficient (Wildman–Crippen LogP) is 3.77. The molecule has 0 spiro atoms. The molecular weight excluding hydrogens is 396 g/mol. The van der Waals surface area contributed by atoms with E-state index in [1.807, 2.05) is 28.9 Å². The van der Waals surface area contributed by atoms with Gasteiger partial charge in [0.1, 0.15) is 11.5 Å². The second-order valence-corrected chi connectivity index (χ2v) is 7.50. The number of imidazole rings is 1. The number of rotatable bonds is 4. The van der Waals surface area contributed by atoms with Gasteiger partial charge in [0.25, 0.3) is 0 Å². The Labute approximate surface area is 160 Å². The lowest BCUT2D eigenvalue weighted by Crippen LogP contribution is -2.14. The molecule has 0 aliphatic heterocycles. The van der Waals surface area contributed by atoms with E-state index in [1.165, 1.54) is 0 Å². The van der Waals surface area contributed by atoms with Crippen LogP contribution >= 0.6 is 15.9 Å². The summed E-state index contributed by atoms with van der Waals surface area (Å²) >= 11 is 3.53. The Morgan fingerprint density at radius 3 is 2.65 bits per heavy atom. The molecule has 26 heavy (non-hydrogen) atoms. The van der Waals surface area contributed by atoms with Crippen molar-refractivity contribution >= 4 is 21.7 Å². The molecule has 0 saturated heterocycles. The average molecular weight is 417 g/mol. The monoisotopic (exact) mass is 416 g/mol. The molecule has 1 aliphatic carbocycles. The molecule has 2 N–H and O–H groups in total. The van der Waals surface area contributed by atoms with E-state index < -0.39 is 0 Å². The molecule has 1 aromatic carbocycles. The highest BCUT2D eigenvalue weighted by atomic mass is 79.9. The van der Waals surface area contributed by atoms with Crippen LogP contribution in [-0.4, -0.2) is 34.6 Å². The lowest BCUT2D eigenvalue weighted by Gasteiger charge is -2.10. The van der Waals surface area contributed by atoms with E-state index in [-0.39, 0.29) is 6.04 Å². The molecule has 6 nitrogen and oxygen atoms in total. The van der Waals surface area contributed by atoms with Crippen molar-refractivity contribution in [1.29, 1.82) is 0 Å². The van der Waals surface area contributed by atoms with Crippen LogP contribution in [0.15, 0.2) is 35.1 Å². The van der Waals surface area contributed by atoms with Gasteiger partial charge in [-0.25, -0.2) is 9.97 Å². The average Bonchev–Trinajstić information content (AvgIpc) is 3.26. The minimum Gasteiger partial charge on any atom is -0.496 e. The molecule has 2 unspecified atom stereocenters. The van der Waals surface area contributed by atoms with Crippen LogP contribution in [0.5, 0.6) is 11.5 Å². The third kappa shape index (κ3) is 3.05. The summed E-state index contributed by atoms with van der Waals surface area (Å²) in [5.74, 6) is 2.54. The summed E-state index contributed by atoms with van der Waals surface area (Å²) in [6.07, 6.45) is 7.13. The molecule has 136 valence electrons. The van der Waals surface area contributed by atoms with Crippen molar-refractivity contribution in [1.82, 2.24) is 14.4 Å². The maximum Gasteiger partial charge on any atom is 0.234 e. The number of aromatic nitrogens is 3. The maximum atomic E-state index is 6.05. The Bertz CT molecular complexity index is 956. The topological polar surface area (TPSA) is 74.7 Å². The summed E-state index contributed by atoms with van der Waals surface area (Å²) in [5.41, 5.74) is 8.81. The molecular formula is C19H21BrN4O2. The van der Waals surface area contributed by atoms with Crippen LogP contribution in [0.25, 0.3) is 17.0 Å². The summed E-state index contributed by atoms with van der Waals surface area (Å²) in [4.78, 5) is 9.49. The standard InChI is InChI=1S/C19H21BrN4O2/c1-25-17-9-18(26-2)14(20)8-13(17)16-10-24-6-5-15(22-19(24)23-16)11-3-4-12(21)7-11/h5-6,8-12H,3-4,7,21H2,1-2H3. The first-order chi connectivity index (χ1) is 12.6. The van der Waals surface area contributed by atoms with E-state index >= 15 is 0 Å². The van der Waals surface area contributed by atoms with E-state index in [1.54, 1.807) is 14.2 Å². The Morgan fingerprint density at radius 1 is 1.15 bits per heavy atom. The highest BCUT2D eigenvalue weighted by Gasteiger charge is 2.24. The van der Waals surface area contributed by atoms with Gasteiger partial charge in [-0.05, 0) is 47.3 Å². The predicted molar refractivity (Wildman–Crippen MR) is 104 cm³/mol. The summed E-state index contributed by atoms with van der Waals surface area (Å²) < 4.78 is 13.7. The fourth-order valence-electron chi connectivity index (χ4n) is 3.59. The lowest BCUT2D eigenvalue weighted by atomic mass is 10.0. The number of benzene rings is 1. The molecule has 2 atom stereocenters. The van der Waals surface area contributed by atoms with E-state index in [0.717, 1.165) is 40.7 Å². The van der Waals surface area contributed by atoms with Crippen LogP contribution in [0, 0.1) is 0 Å². The third-order valence-electron chi connectivity index (χ3n) is 4.99. The summed E-state index contributed by atoms with van der Waals surface area (Å²) in [7, 11) is 3.27. The van der Waals surface area contributed by atoms with Gasteiger partial charge in [0.2, 0.25) is 5.78 Å². The van der Waals surface area contributed by atoms with Gasteiger partial charge < -0.3 is 15.2 Å². The van der Waals surface area contributed by atoms with Crippen molar-refractivity contribution in [2.45, 2.75) is 31.2 Å². The van der Waals surface area contributed by atoms with Gasteiger partial charge in [-0.15, -0.1) is 0 Å². The smallest absolute Gasteiger partial charge is 0.234 e. The van der Waals surface area contributed by atoms with Crippen molar-refractivity contribution in [2.75, 3.05) is 14.2 Å². The van der Waals surface area contributed by atoms with E-state index in [2.05, 4.69) is 22.0 Å². The summed E-state index contributed by atoms with van der Waals surface area (Å²) in [5, 5.41) is 0. The number of hydrogen-bond acceptors (Lipinski definition) is 5. The molecule has 0 amide bonds. The molecule has 0 bridgehead atoms. The third-order valence-corrected chi connectivity index (χ3v) is 5.61. The van der Waals surface area contributed by atoms with Crippen LogP contribution in [-0.2, 0) is 0 Å². The minimum absolute atomic E-state index is 0.286. The van der Waals surface area contributed by atoms with Gasteiger partial charge in [-0.3, -0.25) is 4.40 Å². The van der Waals surface area contributed by atoms with E-state index in [0.29, 0.717) is 23.2 Å². The largest absolute Gasteiger partial charge is 0.496 e. The zero-order valence-corrected chi connectivity index (χ0v) is 16.4. The Hall–Kier alpha value is -2.12. The fourth-order valence-corrected chi connectivity index (χ4v) is 4.09. The Kier molecular flexibility index (Phi) is 4.58. The van der Waals surface area contributed by atoms with Crippen molar-refractivity contribution in [2.24, 2.45) is 5.73 Å². The minimum atomic E-state index is 0.286. The Balaban J connectivity index is 1.75. The molecule has 3 aromatic rings. The van der Waals surface area contributed by atoms with E-state index in [9.17, 15) is 0 Å². The first kappa shape index (κ1) is 17.3. The molecule has 7 heteroatoms. The Morgan fingerprint density at radius 2 is 1.96 bits per heavy atom. The van der Waals surface area contributed by atoms with Crippen molar-refractivity contribution in [3.63, 3.8) is 0 Å². The van der Waals surface area contributed by atoms with Gasteiger partial charge in [-0.1, -0.05) is 0 Å². The van der Waals surface area contributed by atoms with Crippen LogP contribution in [0.3, 0.4) is 0 Å². The zero-order valence-electron chi connectivity index (χ0n) is 14.8. The number of hydrogen-bond donors (Lipinski definition) is 1. The second kappa shape index (κ2) is 6.89. The number of methoxy groups -OCH3 is 2. The number of ether oxygens (including phenoxy) is 2. The van der Waals surface area contributed by atoms with E-state index in [4.69, 9.17) is 25.2 Å². The van der Waals surface area contributed by atoms with Crippen LogP contribution in [0.4, 0.5) is 0 Å². The van der Waals surface area contributed by atoms with Crippen LogP contribution in [0.2, 0.25) is 0 Å². The molecule has 1 fully saturated rings. The summed E-state index contributed by atoms with van der Waals surface area (Å²) in [6.45, 7) is 0. The highest BCUT2D eigenvalue weighted by Crippen LogP contribution is 2.38. The van der Waals surface area contributed by atoms with Crippen LogP contribution in [0.1, 0.15) is 30.9 Å². The SMILES string of the molecule is COc1cc(OC)c(-c2cn3ccc(C4CCC(N)C4)nc3n2)cc1Br. The second-order valence-electron chi connectivity index (χ2n) is 6.64. The molecule has 2 heterocycles. The maximum absolute atomic E-state index is 6.05. The van der Waals surface area contributed by atoms with Crippen molar-refractivity contribution in [3.8, 4) is 22.8 Å². The molecule has 1 aliphatic rings. The highest BCUT2D eigenvalue weighted by molar-refractivity contribution is 9.10. The first-order valence-corrected chi connectivity index (χ1v) is 9.41. The van der Waals surface area contributed by atoms with Crippen molar-refractivity contribution < 1.29 is 9.47 Å². The van der Waals surface area contributed by atoms with Crippen molar-refractivity contribution in [3.05, 3.63) is 40.8 Å². The number of halogens is 1. The number of fused-ring (bicyclic) bond motifs is 1. The molecule has 0 radical (unpaired) electrons. The number of nitrogens with zero attached hydrogens (tertiary/aromatic N) is 3. The molecule has 2 aromatic heterocycles. The van der Waals surface area contributed by atoms with Gasteiger partial charge in [0.15, 0.2) is 0 Å². The zero-order chi connectivity index (χ0) is 18.3. The number of nitrogens with two attached hydrogens (primary N) is 1. The first-order valence-electron chi connectivity index (χ1n) is 8.62. The molecule has 4 rings (SSSR count). The van der Waals surface area contributed by atoms with Gasteiger partial charge >= 0.3 is 0 Å². The quantitative estimate of drug-likeness (QED) is 0.700. The van der Waals surface area contributed by atoms with Gasteiger partial charge in [0.05, 0.1) is 24.4 Å². The molecule has 1 saturated carbocycles. The summed E-state index contributed by atoms with van der Waals surface area (Å²) in [6, 6.07) is 6.16. The van der Waals surface area contributed by atoms with Gasteiger partial charge in [-0.2, -0.15) is 0 Å². The lowest BCUT2D eigenvalue weighted by molar-refractivity contribution is 0.393. The fraction of sp³-hybridized carbons (Fsp3) is 0.368. The van der Waals surface area contributed by atoms with Gasteiger partial charge in [0, 0.05) is 41.7 Å². The van der Waals surface area contributed by atoms with Crippen LogP contribution < -0.4 is 15.2 Å².